The minimum atomic E-state index is -1.03. The number of carbonyl (C=O) groups excluding carboxylic acids is 5. The van der Waals surface area contributed by atoms with Gasteiger partial charge in [0.15, 0.2) is 0 Å². The Kier molecular flexibility index (Phi) is 26.4. The van der Waals surface area contributed by atoms with E-state index in [-0.39, 0.29) is 60.5 Å². The van der Waals surface area contributed by atoms with Crippen molar-refractivity contribution < 1.29 is 47.7 Å². The lowest BCUT2D eigenvalue weighted by molar-refractivity contribution is -0.132. The summed E-state index contributed by atoms with van der Waals surface area (Å²) in [5.74, 6) is 1.79. The molecule has 4 aliphatic rings. The van der Waals surface area contributed by atoms with E-state index in [1.54, 1.807) is 19.5 Å². The van der Waals surface area contributed by atoms with Gasteiger partial charge in [0.05, 0.1) is 83.4 Å². The Morgan fingerprint density at radius 3 is 2.23 bits per heavy atom. The first-order valence-electron chi connectivity index (χ1n) is 32.7. The predicted octanol–water partition coefficient (Wildman–Crippen LogP) is 5.34. The van der Waals surface area contributed by atoms with Crippen LogP contribution < -0.4 is 46.7 Å². The molecular formula is C67H94ClN13O10. The van der Waals surface area contributed by atoms with Crippen LogP contribution in [0.2, 0.25) is 5.02 Å². The third-order valence-electron chi connectivity index (χ3n) is 18.0. The van der Waals surface area contributed by atoms with Gasteiger partial charge in [-0.3, -0.25) is 28.9 Å². The van der Waals surface area contributed by atoms with E-state index >= 15 is 0 Å². The molecular weight excluding hydrogens is 1180 g/mol. The number of hydrogen-bond acceptors (Lipinski definition) is 17. The number of carbonyl (C=O) groups is 5. The fraction of sp³-hybridized carbons (Fsp3) is 0.567. The Balaban J connectivity index is 0.602. The molecule has 3 saturated heterocycles. The SMILES string of the molecule is CCOc1cc(OC)ccc1CNCC(=O)N1CCCC(c2cccc(C(=O)N[C@@H](C(=O)NCCOCCOCCOCCNCC(=O)N3CCN(CC[C@H](NC(=O)C4(N)CCN(c5ncnc6[nH]ccc56)CC4)c4ccc(Cl)cc4)CC3)C3CCCCC3)c2)C1. The Labute approximate surface area is 539 Å². The number of piperidine rings is 2. The number of benzene rings is 3. The number of aromatic amines is 1. The van der Waals surface area contributed by atoms with Crippen LogP contribution in [0.15, 0.2) is 85.3 Å². The van der Waals surface area contributed by atoms with Gasteiger partial charge in [0.25, 0.3) is 5.91 Å². The Hall–Kier alpha value is -6.96. The minimum Gasteiger partial charge on any atom is -0.497 e. The van der Waals surface area contributed by atoms with Crippen LogP contribution in [-0.4, -0.2) is 209 Å². The van der Waals surface area contributed by atoms with E-state index < -0.39 is 11.6 Å². The highest BCUT2D eigenvalue weighted by Crippen LogP contribution is 2.32. The summed E-state index contributed by atoms with van der Waals surface area (Å²) in [6.45, 7) is 12.2. The number of aromatic nitrogens is 3. The monoisotopic (exact) mass is 1280 g/mol. The normalized spacial score (nSPS) is 17.9. The fourth-order valence-electron chi connectivity index (χ4n) is 12.7. The van der Waals surface area contributed by atoms with Crippen molar-refractivity contribution in [2.24, 2.45) is 11.7 Å². The average Bonchev–Trinajstić information content (AvgIpc) is 2.04. The van der Waals surface area contributed by atoms with Gasteiger partial charge < -0.3 is 75.7 Å². The minimum absolute atomic E-state index is 0.0260. The molecule has 24 heteroatoms. The molecule has 0 radical (unpaired) electrons. The number of piperazine rings is 1. The van der Waals surface area contributed by atoms with Crippen LogP contribution in [0.1, 0.15) is 110 Å². The Bertz CT molecular complexity index is 3120. The molecule has 0 bridgehead atoms. The van der Waals surface area contributed by atoms with Crippen molar-refractivity contribution >= 4 is 58.0 Å². The van der Waals surface area contributed by atoms with E-state index in [1.807, 2.05) is 89.7 Å². The van der Waals surface area contributed by atoms with Crippen LogP contribution in [0.5, 0.6) is 11.5 Å². The summed E-state index contributed by atoms with van der Waals surface area (Å²) in [4.78, 5) is 88.4. The molecule has 8 N–H and O–H groups in total. The number of hydrogen-bond donors (Lipinski definition) is 7. The Morgan fingerprint density at radius 1 is 0.758 bits per heavy atom. The van der Waals surface area contributed by atoms with Gasteiger partial charge in [0.2, 0.25) is 23.6 Å². The third kappa shape index (κ3) is 20.0. The van der Waals surface area contributed by atoms with Gasteiger partial charge in [-0.05, 0) is 105 Å². The highest BCUT2D eigenvalue weighted by Gasteiger charge is 2.40. The molecule has 3 aromatic carbocycles. The fourth-order valence-corrected chi connectivity index (χ4v) is 12.8. The zero-order chi connectivity index (χ0) is 63.8. The summed E-state index contributed by atoms with van der Waals surface area (Å²) >= 11 is 6.26. The maximum Gasteiger partial charge on any atom is 0.251 e. The maximum absolute atomic E-state index is 14.0. The van der Waals surface area contributed by atoms with Crippen molar-refractivity contribution in [2.75, 3.05) is 143 Å². The van der Waals surface area contributed by atoms with Gasteiger partial charge in [-0.15, -0.1) is 0 Å². The maximum atomic E-state index is 14.0. The van der Waals surface area contributed by atoms with E-state index in [4.69, 9.17) is 41.0 Å². The molecule has 91 heavy (non-hydrogen) atoms. The second kappa shape index (κ2) is 35.2. The summed E-state index contributed by atoms with van der Waals surface area (Å²) in [5, 5.41) is 17.5. The number of likely N-dealkylation sites (tertiary alicyclic amines) is 1. The zero-order valence-corrected chi connectivity index (χ0v) is 53.8. The van der Waals surface area contributed by atoms with E-state index in [0.717, 1.165) is 104 Å². The lowest BCUT2D eigenvalue weighted by atomic mass is 9.83. The quantitative estimate of drug-likeness (QED) is 0.0261. The number of fused-ring (bicyclic) bond motifs is 1. The zero-order valence-electron chi connectivity index (χ0n) is 53.0. The first-order chi connectivity index (χ1) is 44.4. The molecule has 23 nitrogen and oxygen atoms in total. The van der Waals surface area contributed by atoms with Crippen molar-refractivity contribution in [1.29, 1.82) is 0 Å². The topological polar surface area (TPSA) is 272 Å². The summed E-state index contributed by atoms with van der Waals surface area (Å²) in [6, 6.07) is 21.9. The van der Waals surface area contributed by atoms with Crippen LogP contribution >= 0.6 is 11.6 Å². The molecule has 3 aliphatic heterocycles. The highest BCUT2D eigenvalue weighted by molar-refractivity contribution is 6.30. The lowest BCUT2D eigenvalue weighted by Gasteiger charge is -2.39. The summed E-state index contributed by atoms with van der Waals surface area (Å²) in [5.41, 5.74) is 10.0. The molecule has 5 aromatic rings. The number of nitrogens with two attached hydrogens (primary N) is 1. The summed E-state index contributed by atoms with van der Waals surface area (Å²) in [6.07, 6.45) is 11.7. The van der Waals surface area contributed by atoms with Gasteiger partial charge in [-0.25, -0.2) is 9.97 Å². The lowest BCUT2D eigenvalue weighted by Crippen LogP contribution is -2.60. The molecule has 3 atom stereocenters. The van der Waals surface area contributed by atoms with E-state index in [9.17, 15) is 24.0 Å². The van der Waals surface area contributed by atoms with Crippen LogP contribution in [0.3, 0.4) is 0 Å². The van der Waals surface area contributed by atoms with E-state index in [1.165, 1.54) is 0 Å². The first kappa shape index (κ1) is 68.4. The van der Waals surface area contributed by atoms with Gasteiger partial charge in [-0.1, -0.05) is 61.2 Å². The molecule has 1 aliphatic carbocycles. The van der Waals surface area contributed by atoms with Crippen LogP contribution in [0.4, 0.5) is 5.82 Å². The van der Waals surface area contributed by atoms with E-state index in [0.29, 0.717) is 141 Å². The predicted molar refractivity (Wildman–Crippen MR) is 349 cm³/mol. The van der Waals surface area contributed by atoms with Crippen LogP contribution in [0, 0.1) is 5.92 Å². The van der Waals surface area contributed by atoms with Crippen LogP contribution in [-0.2, 0) is 39.9 Å². The van der Waals surface area contributed by atoms with E-state index in [2.05, 4.69) is 51.3 Å². The molecule has 4 fully saturated rings. The third-order valence-corrected chi connectivity index (χ3v) is 18.3. The highest BCUT2D eigenvalue weighted by atomic mass is 35.5. The summed E-state index contributed by atoms with van der Waals surface area (Å²) in [7, 11) is 1.62. The molecule has 1 unspecified atom stereocenters. The molecule has 494 valence electrons. The smallest absolute Gasteiger partial charge is 0.251 e. The van der Waals surface area contributed by atoms with Gasteiger partial charge >= 0.3 is 0 Å². The number of amides is 5. The molecule has 5 heterocycles. The van der Waals surface area contributed by atoms with Gasteiger partial charge in [-0.2, -0.15) is 0 Å². The number of H-pyrrole nitrogens is 1. The average molecular weight is 1280 g/mol. The standard InChI is InChI=1S/C67H94ClN13O10/c1-3-91-58-42-55(87-2)19-16-52(58)43-71-45-60(83)81-27-8-13-53(46-81)50-11-7-12-51(41-50)64(84)77-61(49-9-5-4-6-10-49)65(85)73-26-36-89-38-40-90-39-37-88-35-25-70-44-59(82)79-33-31-78(32-34-79)28-21-57(48-14-17-54(68)18-15-48)76-66(86)67(69)22-29-80(30-23-67)63-56-20-24-72-62(56)74-47-75-63/h7,11-12,14-20,24,41-42,47,49,53,57,61,70-71H,3-6,8-10,13,21-23,25-40,43-46,69H2,1-2H3,(H,73,85)(H,76,86)(H,77,84)(H,72,74,75)/t53?,57-,61+/m0/s1. The van der Waals surface area contributed by atoms with Crippen molar-refractivity contribution in [3.63, 3.8) is 0 Å². The number of nitrogens with one attached hydrogen (secondary N) is 6. The van der Waals surface area contributed by atoms with Crippen molar-refractivity contribution in [2.45, 2.75) is 101 Å². The van der Waals surface area contributed by atoms with Crippen molar-refractivity contribution in [1.82, 2.24) is 56.2 Å². The number of methoxy groups -OCH3 is 1. The van der Waals surface area contributed by atoms with Crippen LogP contribution in [0.25, 0.3) is 11.0 Å². The van der Waals surface area contributed by atoms with Crippen molar-refractivity contribution in [3.05, 3.63) is 113 Å². The first-order valence-corrected chi connectivity index (χ1v) is 33.0. The van der Waals surface area contributed by atoms with Gasteiger partial charge in [0.1, 0.15) is 35.3 Å². The molecule has 5 amide bonds. The Morgan fingerprint density at radius 2 is 1.48 bits per heavy atom. The molecule has 0 spiro atoms. The van der Waals surface area contributed by atoms with Gasteiger partial charge in [0, 0.05) is 113 Å². The molecule has 2 aromatic heterocycles. The number of halogens is 1. The molecule has 9 rings (SSSR count). The largest absolute Gasteiger partial charge is 0.497 e. The number of ether oxygens (including phenoxy) is 5. The molecule has 1 saturated carbocycles. The number of nitrogens with zero attached hydrogens (tertiary/aromatic N) is 6. The van der Waals surface area contributed by atoms with Crippen molar-refractivity contribution in [3.8, 4) is 11.5 Å². The summed E-state index contributed by atoms with van der Waals surface area (Å²) < 4.78 is 28.4. The number of anilines is 1. The second-order valence-corrected chi connectivity index (χ2v) is 24.6. The second-order valence-electron chi connectivity index (χ2n) is 24.1. The number of rotatable bonds is 33.